The monoisotopic (exact) mass is 197 g/mol. The van der Waals surface area contributed by atoms with Crippen LogP contribution < -0.4 is 5.73 Å². The van der Waals surface area contributed by atoms with E-state index in [1.165, 1.54) is 4.90 Å². The molecule has 0 bridgehead atoms. The lowest BCUT2D eigenvalue weighted by atomic mass is 10.4. The first-order chi connectivity index (χ1) is 5.83. The molecular weight excluding hydrogens is 186 g/mol. The molecule has 0 radical (unpaired) electrons. The van der Waals surface area contributed by atoms with Gasteiger partial charge in [-0.1, -0.05) is 30.4 Å². The van der Waals surface area contributed by atoms with Crippen molar-refractivity contribution in [1.82, 2.24) is 0 Å². The van der Waals surface area contributed by atoms with E-state index in [4.69, 9.17) is 18.0 Å². The van der Waals surface area contributed by atoms with Crippen molar-refractivity contribution in [3.63, 3.8) is 0 Å². The summed E-state index contributed by atoms with van der Waals surface area (Å²) in [5.74, 6) is 0.855. The Balaban J connectivity index is 2.38. The lowest BCUT2D eigenvalue weighted by Gasteiger charge is -2.03. The molecule has 0 aliphatic carbocycles. The lowest BCUT2D eigenvalue weighted by molar-refractivity contribution is 1.02. The normalized spacial score (nSPS) is 12.4. The molecule has 3 heteroatoms. The summed E-state index contributed by atoms with van der Waals surface area (Å²) in [6.45, 7) is 0. The zero-order valence-electron chi connectivity index (χ0n) is 6.64. The van der Waals surface area contributed by atoms with Crippen LogP contribution in [0.2, 0.25) is 0 Å². The second-order valence-electron chi connectivity index (χ2n) is 2.42. The van der Waals surface area contributed by atoms with Crippen molar-refractivity contribution < 1.29 is 0 Å². The summed E-state index contributed by atoms with van der Waals surface area (Å²) in [5.41, 5.74) is 5.64. The zero-order valence-corrected chi connectivity index (χ0v) is 8.28. The minimum Gasteiger partial charge on any atom is -0.323 e. The predicted octanol–water partition coefficient (Wildman–Crippen LogP) is 2.11. The highest BCUT2D eigenvalue weighted by Gasteiger charge is 1.97. The van der Waals surface area contributed by atoms with Crippen LogP contribution >= 0.6 is 24.0 Å². The van der Waals surface area contributed by atoms with E-state index in [-0.39, 0.29) is 6.04 Å². The van der Waals surface area contributed by atoms with Gasteiger partial charge in [-0.3, -0.25) is 0 Å². The third-order valence-electron chi connectivity index (χ3n) is 1.36. The zero-order chi connectivity index (χ0) is 8.81. The highest BCUT2D eigenvalue weighted by molar-refractivity contribution is 7.99. The molecule has 0 aliphatic heterocycles. The molecule has 0 amide bonds. The quantitative estimate of drug-likeness (QED) is 0.591. The number of benzene rings is 1. The molecule has 0 aromatic heterocycles. The summed E-state index contributed by atoms with van der Waals surface area (Å²) < 4.78 is 0. The van der Waals surface area contributed by atoms with Crippen molar-refractivity contribution in [1.29, 1.82) is 0 Å². The molecule has 1 aromatic carbocycles. The maximum Gasteiger partial charge on any atom is 0.0423 e. The SMILES string of the molecule is NC(C=S)CSc1ccccc1. The Hall–Kier alpha value is -0.380. The third-order valence-corrected chi connectivity index (χ3v) is 2.87. The first-order valence-electron chi connectivity index (χ1n) is 3.71. The molecule has 0 heterocycles. The first kappa shape index (κ1) is 9.71. The van der Waals surface area contributed by atoms with Gasteiger partial charge >= 0.3 is 0 Å². The van der Waals surface area contributed by atoms with Crippen LogP contribution in [0.25, 0.3) is 0 Å². The van der Waals surface area contributed by atoms with Gasteiger partial charge < -0.3 is 5.73 Å². The molecule has 1 rings (SSSR count). The van der Waals surface area contributed by atoms with E-state index in [1.54, 1.807) is 17.1 Å². The van der Waals surface area contributed by atoms with Crippen LogP contribution in [-0.2, 0) is 0 Å². The largest absolute Gasteiger partial charge is 0.323 e. The molecule has 64 valence electrons. The molecule has 12 heavy (non-hydrogen) atoms. The summed E-state index contributed by atoms with van der Waals surface area (Å²) in [4.78, 5) is 1.24. The second kappa shape index (κ2) is 5.30. The fourth-order valence-corrected chi connectivity index (χ4v) is 1.80. The summed E-state index contributed by atoms with van der Waals surface area (Å²) in [5, 5.41) is 1.61. The van der Waals surface area contributed by atoms with Crippen molar-refractivity contribution in [3.8, 4) is 0 Å². The first-order valence-corrected chi connectivity index (χ1v) is 5.17. The Morgan fingerprint density at radius 1 is 1.42 bits per heavy atom. The molecule has 0 saturated carbocycles. The Kier molecular flexibility index (Phi) is 4.29. The van der Waals surface area contributed by atoms with Crippen molar-refractivity contribution in [2.24, 2.45) is 5.73 Å². The van der Waals surface area contributed by atoms with Crippen molar-refractivity contribution >= 4 is 29.3 Å². The van der Waals surface area contributed by atoms with Crippen LogP contribution in [0.4, 0.5) is 0 Å². The van der Waals surface area contributed by atoms with Gasteiger partial charge in [-0.15, -0.1) is 11.8 Å². The standard InChI is InChI=1S/C9H11NS2/c10-8(6-11)7-12-9-4-2-1-3-5-9/h1-6,8H,7,10H2. The molecular formula is C9H11NS2. The van der Waals surface area contributed by atoms with E-state index >= 15 is 0 Å². The number of hydrogen-bond donors (Lipinski definition) is 1. The van der Waals surface area contributed by atoms with Gasteiger partial charge in [-0.2, -0.15) is 0 Å². The van der Waals surface area contributed by atoms with Crippen molar-refractivity contribution in [3.05, 3.63) is 30.3 Å². The summed E-state index contributed by atoms with van der Waals surface area (Å²) in [6.07, 6.45) is 0. The van der Waals surface area contributed by atoms with Crippen LogP contribution in [-0.4, -0.2) is 17.2 Å². The van der Waals surface area contributed by atoms with Gasteiger partial charge in [0.25, 0.3) is 0 Å². The molecule has 1 aromatic rings. The van der Waals surface area contributed by atoms with Gasteiger partial charge in [0, 0.05) is 16.7 Å². The Morgan fingerprint density at radius 3 is 2.67 bits per heavy atom. The van der Waals surface area contributed by atoms with Crippen LogP contribution in [0.1, 0.15) is 0 Å². The van der Waals surface area contributed by atoms with E-state index in [2.05, 4.69) is 12.1 Å². The number of nitrogens with two attached hydrogens (primary N) is 1. The van der Waals surface area contributed by atoms with Gasteiger partial charge in [0.2, 0.25) is 0 Å². The van der Waals surface area contributed by atoms with Gasteiger partial charge in [0.1, 0.15) is 0 Å². The summed E-state index contributed by atoms with van der Waals surface area (Å²) in [7, 11) is 0. The van der Waals surface area contributed by atoms with Crippen LogP contribution in [0, 0.1) is 0 Å². The van der Waals surface area contributed by atoms with Gasteiger partial charge in [0.05, 0.1) is 0 Å². The van der Waals surface area contributed by atoms with Gasteiger partial charge in [0.15, 0.2) is 0 Å². The Bertz CT molecular complexity index is 236. The topological polar surface area (TPSA) is 26.0 Å². The lowest BCUT2D eigenvalue weighted by Crippen LogP contribution is -2.23. The summed E-state index contributed by atoms with van der Waals surface area (Å²) >= 11 is 6.46. The van der Waals surface area contributed by atoms with Crippen molar-refractivity contribution in [2.75, 3.05) is 5.75 Å². The molecule has 0 saturated heterocycles. The maximum absolute atomic E-state index is 5.64. The Morgan fingerprint density at radius 2 is 2.08 bits per heavy atom. The average Bonchev–Trinajstić information content (AvgIpc) is 2.16. The van der Waals surface area contributed by atoms with E-state index in [0.717, 1.165) is 5.75 Å². The minimum atomic E-state index is 0.0187. The molecule has 0 spiro atoms. The van der Waals surface area contributed by atoms with E-state index in [1.807, 2.05) is 18.2 Å². The van der Waals surface area contributed by atoms with E-state index in [0.29, 0.717) is 0 Å². The summed E-state index contributed by atoms with van der Waals surface area (Å²) in [6, 6.07) is 10.2. The number of thioether (sulfide) groups is 1. The number of rotatable bonds is 4. The fourth-order valence-electron chi connectivity index (χ4n) is 0.748. The molecule has 0 aliphatic rings. The van der Waals surface area contributed by atoms with Crippen LogP contribution in [0.5, 0.6) is 0 Å². The number of thiocarbonyl (C=S) groups is 1. The molecule has 1 nitrogen and oxygen atoms in total. The Labute approximate surface area is 82.3 Å². The smallest absolute Gasteiger partial charge is 0.0423 e. The predicted molar refractivity (Wildman–Crippen MR) is 58.8 cm³/mol. The molecule has 2 N–H and O–H groups in total. The molecule has 1 atom stereocenters. The average molecular weight is 197 g/mol. The van der Waals surface area contributed by atoms with Crippen molar-refractivity contribution in [2.45, 2.75) is 10.9 Å². The highest BCUT2D eigenvalue weighted by Crippen LogP contribution is 2.16. The van der Waals surface area contributed by atoms with Crippen LogP contribution in [0.15, 0.2) is 35.2 Å². The minimum absolute atomic E-state index is 0.0187. The molecule has 0 fully saturated rings. The fraction of sp³-hybridized carbons (Fsp3) is 0.222. The van der Waals surface area contributed by atoms with Crippen LogP contribution in [0.3, 0.4) is 0 Å². The maximum atomic E-state index is 5.64. The highest BCUT2D eigenvalue weighted by atomic mass is 32.2. The second-order valence-corrected chi connectivity index (χ2v) is 3.79. The van der Waals surface area contributed by atoms with Gasteiger partial charge in [-0.05, 0) is 17.5 Å². The van der Waals surface area contributed by atoms with E-state index in [9.17, 15) is 0 Å². The van der Waals surface area contributed by atoms with E-state index < -0.39 is 0 Å². The third kappa shape index (κ3) is 3.34. The molecule has 1 unspecified atom stereocenters. The van der Waals surface area contributed by atoms with Gasteiger partial charge in [-0.25, -0.2) is 0 Å². The number of hydrogen-bond acceptors (Lipinski definition) is 3.